The zero-order valence-electron chi connectivity index (χ0n) is 7.61. The van der Waals surface area contributed by atoms with Crippen LogP contribution in [0.25, 0.3) is 0 Å². The molecule has 13 heavy (non-hydrogen) atoms. The molecule has 0 radical (unpaired) electrons. The lowest BCUT2D eigenvalue weighted by Crippen LogP contribution is -2.19. The third-order valence-electron chi connectivity index (χ3n) is 1.28. The highest BCUT2D eigenvalue weighted by molar-refractivity contribution is 5.93. The standard InChI is InChI=1S/C9H11N3O/c1-7(2)11-12-9(13)8-5-3-4-6-10-8/h3-6H,1-2H3,(H,12,13). The highest BCUT2D eigenvalue weighted by Gasteiger charge is 2.03. The maximum absolute atomic E-state index is 11.3. The maximum Gasteiger partial charge on any atom is 0.289 e. The summed E-state index contributed by atoms with van der Waals surface area (Å²) < 4.78 is 0. The van der Waals surface area contributed by atoms with E-state index in [4.69, 9.17) is 0 Å². The Morgan fingerprint density at radius 1 is 1.46 bits per heavy atom. The Labute approximate surface area is 76.7 Å². The van der Waals surface area contributed by atoms with Crippen LogP contribution in [0.3, 0.4) is 0 Å². The number of carbonyl (C=O) groups excluding carboxylic acids is 1. The van der Waals surface area contributed by atoms with Crippen molar-refractivity contribution in [3.63, 3.8) is 0 Å². The van der Waals surface area contributed by atoms with E-state index in [0.29, 0.717) is 5.69 Å². The van der Waals surface area contributed by atoms with Gasteiger partial charge < -0.3 is 0 Å². The summed E-state index contributed by atoms with van der Waals surface area (Å²) in [6, 6.07) is 5.14. The molecule has 0 saturated carbocycles. The molecule has 1 rings (SSSR count). The maximum atomic E-state index is 11.3. The number of amides is 1. The van der Waals surface area contributed by atoms with Gasteiger partial charge in [-0.3, -0.25) is 9.78 Å². The third kappa shape index (κ3) is 3.02. The van der Waals surface area contributed by atoms with E-state index < -0.39 is 0 Å². The van der Waals surface area contributed by atoms with Crippen molar-refractivity contribution in [3.8, 4) is 0 Å². The molecule has 4 heteroatoms. The summed E-state index contributed by atoms with van der Waals surface area (Å²) in [6.07, 6.45) is 1.57. The van der Waals surface area contributed by atoms with Crippen molar-refractivity contribution in [3.05, 3.63) is 30.1 Å². The van der Waals surface area contributed by atoms with Gasteiger partial charge in [-0.2, -0.15) is 5.10 Å². The predicted molar refractivity (Wildman–Crippen MR) is 50.5 cm³/mol. The largest absolute Gasteiger partial charge is 0.289 e. The van der Waals surface area contributed by atoms with E-state index in [-0.39, 0.29) is 5.91 Å². The number of rotatable bonds is 2. The molecule has 0 saturated heterocycles. The molecule has 0 bridgehead atoms. The summed E-state index contributed by atoms with van der Waals surface area (Å²) in [7, 11) is 0. The molecule has 0 fully saturated rings. The Kier molecular flexibility index (Phi) is 3.14. The van der Waals surface area contributed by atoms with Gasteiger partial charge in [-0.25, -0.2) is 5.43 Å². The van der Waals surface area contributed by atoms with E-state index in [2.05, 4.69) is 15.5 Å². The molecule has 0 spiro atoms. The molecule has 1 aromatic heterocycles. The summed E-state index contributed by atoms with van der Waals surface area (Å²) >= 11 is 0. The van der Waals surface area contributed by atoms with E-state index >= 15 is 0 Å². The Balaban J connectivity index is 2.65. The number of pyridine rings is 1. The van der Waals surface area contributed by atoms with Gasteiger partial charge >= 0.3 is 0 Å². The van der Waals surface area contributed by atoms with Gasteiger partial charge in [0.05, 0.1) is 0 Å². The van der Waals surface area contributed by atoms with Crippen LogP contribution in [0.4, 0.5) is 0 Å². The Bertz CT molecular complexity index is 315. The van der Waals surface area contributed by atoms with E-state index in [0.717, 1.165) is 5.71 Å². The van der Waals surface area contributed by atoms with Crippen LogP contribution >= 0.6 is 0 Å². The van der Waals surface area contributed by atoms with Gasteiger partial charge in [0.25, 0.3) is 5.91 Å². The van der Waals surface area contributed by atoms with Crippen LogP contribution in [-0.2, 0) is 0 Å². The van der Waals surface area contributed by atoms with Crippen molar-refractivity contribution in [2.75, 3.05) is 0 Å². The summed E-state index contributed by atoms with van der Waals surface area (Å²) in [5.41, 5.74) is 3.55. The quantitative estimate of drug-likeness (QED) is 0.545. The molecule has 0 atom stereocenters. The summed E-state index contributed by atoms with van der Waals surface area (Å²) in [5.74, 6) is -0.290. The minimum Gasteiger partial charge on any atom is -0.266 e. The molecule has 0 aliphatic heterocycles. The lowest BCUT2D eigenvalue weighted by atomic mass is 10.3. The lowest BCUT2D eigenvalue weighted by Gasteiger charge is -1.97. The number of nitrogens with zero attached hydrogens (tertiary/aromatic N) is 2. The van der Waals surface area contributed by atoms with Crippen molar-refractivity contribution in [1.29, 1.82) is 0 Å². The first kappa shape index (κ1) is 9.38. The first-order valence-electron chi connectivity index (χ1n) is 3.92. The van der Waals surface area contributed by atoms with Crippen LogP contribution in [0, 0.1) is 0 Å². The van der Waals surface area contributed by atoms with Crippen LogP contribution in [0.15, 0.2) is 29.5 Å². The zero-order valence-corrected chi connectivity index (χ0v) is 7.61. The molecule has 0 aliphatic rings. The van der Waals surface area contributed by atoms with Crippen LogP contribution in [-0.4, -0.2) is 16.6 Å². The SMILES string of the molecule is CC(C)=NNC(=O)c1ccccn1. The fourth-order valence-corrected chi connectivity index (χ4v) is 0.717. The molecule has 1 amide bonds. The van der Waals surface area contributed by atoms with Gasteiger partial charge in [-0.05, 0) is 26.0 Å². The van der Waals surface area contributed by atoms with Gasteiger partial charge in [0.1, 0.15) is 5.69 Å². The minimum absolute atomic E-state index is 0.290. The Morgan fingerprint density at radius 2 is 2.23 bits per heavy atom. The number of hydrogen-bond donors (Lipinski definition) is 1. The fourth-order valence-electron chi connectivity index (χ4n) is 0.717. The second-order valence-electron chi connectivity index (χ2n) is 2.71. The Morgan fingerprint density at radius 3 is 2.77 bits per heavy atom. The number of hydrazone groups is 1. The van der Waals surface area contributed by atoms with Gasteiger partial charge in [-0.15, -0.1) is 0 Å². The van der Waals surface area contributed by atoms with Crippen molar-refractivity contribution >= 4 is 11.6 Å². The molecule has 0 unspecified atom stereocenters. The van der Waals surface area contributed by atoms with Crippen LogP contribution in [0.2, 0.25) is 0 Å². The average molecular weight is 177 g/mol. The topological polar surface area (TPSA) is 54.4 Å². The predicted octanol–water partition coefficient (Wildman–Crippen LogP) is 1.21. The first-order valence-corrected chi connectivity index (χ1v) is 3.92. The van der Waals surface area contributed by atoms with Crippen LogP contribution in [0.5, 0.6) is 0 Å². The minimum atomic E-state index is -0.290. The highest BCUT2D eigenvalue weighted by atomic mass is 16.2. The van der Waals surface area contributed by atoms with Crippen molar-refractivity contribution in [2.24, 2.45) is 5.10 Å². The second kappa shape index (κ2) is 4.35. The molecular weight excluding hydrogens is 166 g/mol. The van der Waals surface area contributed by atoms with Crippen molar-refractivity contribution < 1.29 is 4.79 Å². The first-order chi connectivity index (χ1) is 6.20. The van der Waals surface area contributed by atoms with Gasteiger partial charge in [0.15, 0.2) is 0 Å². The van der Waals surface area contributed by atoms with Gasteiger partial charge in [0.2, 0.25) is 0 Å². The van der Waals surface area contributed by atoms with Crippen molar-refractivity contribution in [2.45, 2.75) is 13.8 Å². The molecule has 0 aromatic carbocycles. The zero-order chi connectivity index (χ0) is 9.68. The number of aromatic nitrogens is 1. The third-order valence-corrected chi connectivity index (χ3v) is 1.28. The lowest BCUT2D eigenvalue weighted by molar-refractivity contribution is 0.0950. The van der Waals surface area contributed by atoms with Gasteiger partial charge in [-0.1, -0.05) is 6.07 Å². The highest BCUT2D eigenvalue weighted by Crippen LogP contribution is 1.92. The smallest absolute Gasteiger partial charge is 0.266 e. The monoisotopic (exact) mass is 177 g/mol. The summed E-state index contributed by atoms with van der Waals surface area (Å²) in [6.45, 7) is 3.61. The van der Waals surface area contributed by atoms with Crippen LogP contribution in [0.1, 0.15) is 24.3 Å². The van der Waals surface area contributed by atoms with Crippen molar-refractivity contribution in [1.82, 2.24) is 10.4 Å². The number of carbonyl (C=O) groups is 1. The fraction of sp³-hybridized carbons (Fsp3) is 0.222. The molecular formula is C9H11N3O. The normalized spacial score (nSPS) is 9.08. The molecule has 1 aromatic rings. The molecule has 4 nitrogen and oxygen atoms in total. The van der Waals surface area contributed by atoms with E-state index in [1.807, 2.05) is 0 Å². The number of nitrogens with one attached hydrogen (secondary N) is 1. The van der Waals surface area contributed by atoms with E-state index in [1.54, 1.807) is 38.2 Å². The molecule has 1 N–H and O–H groups in total. The summed E-state index contributed by atoms with van der Waals surface area (Å²) in [4.78, 5) is 15.1. The summed E-state index contributed by atoms with van der Waals surface area (Å²) in [5, 5.41) is 3.78. The van der Waals surface area contributed by atoms with Crippen LogP contribution < -0.4 is 5.43 Å². The molecule has 1 heterocycles. The number of hydrogen-bond acceptors (Lipinski definition) is 3. The van der Waals surface area contributed by atoms with E-state index in [1.165, 1.54) is 0 Å². The van der Waals surface area contributed by atoms with Gasteiger partial charge in [0, 0.05) is 11.9 Å². The second-order valence-corrected chi connectivity index (χ2v) is 2.71. The molecule has 68 valence electrons. The van der Waals surface area contributed by atoms with E-state index in [9.17, 15) is 4.79 Å². The molecule has 0 aliphatic carbocycles. The average Bonchev–Trinajstić information content (AvgIpc) is 2.15. The Hall–Kier alpha value is -1.71.